The minimum atomic E-state index is -0.0283. The molecule has 29 heavy (non-hydrogen) atoms. The van der Waals surface area contributed by atoms with Crippen LogP contribution in [-0.2, 0) is 6.54 Å². The second kappa shape index (κ2) is 8.91. The fourth-order valence-corrected chi connectivity index (χ4v) is 3.95. The van der Waals surface area contributed by atoms with Crippen LogP contribution in [0.2, 0.25) is 0 Å². The van der Waals surface area contributed by atoms with Gasteiger partial charge < -0.3 is 9.80 Å². The van der Waals surface area contributed by atoms with Gasteiger partial charge in [-0.1, -0.05) is 55.5 Å². The molecule has 1 unspecified atom stereocenters. The molecule has 1 fully saturated rings. The molecule has 0 bridgehead atoms. The predicted molar refractivity (Wildman–Crippen MR) is 118 cm³/mol. The Bertz CT molecular complexity index is 943. The number of nitrogens with zero attached hydrogens (tertiary/aromatic N) is 3. The molecule has 1 atom stereocenters. The van der Waals surface area contributed by atoms with Gasteiger partial charge >= 0.3 is 0 Å². The summed E-state index contributed by atoms with van der Waals surface area (Å²) < 4.78 is 0. The summed E-state index contributed by atoms with van der Waals surface area (Å²) in [6.07, 6.45) is 6.00. The van der Waals surface area contributed by atoms with Crippen LogP contribution in [0.4, 0.5) is 11.4 Å². The van der Waals surface area contributed by atoms with Crippen molar-refractivity contribution in [1.82, 2.24) is 4.98 Å². The van der Waals surface area contributed by atoms with E-state index in [9.17, 15) is 4.79 Å². The summed E-state index contributed by atoms with van der Waals surface area (Å²) in [7, 11) is 0. The highest BCUT2D eigenvalue weighted by Gasteiger charge is 2.21. The topological polar surface area (TPSA) is 36.4 Å². The first-order valence-corrected chi connectivity index (χ1v) is 10.3. The van der Waals surface area contributed by atoms with Crippen LogP contribution in [0, 0.1) is 5.92 Å². The van der Waals surface area contributed by atoms with Crippen LogP contribution in [0.25, 0.3) is 0 Å². The molecule has 4 rings (SSSR count). The van der Waals surface area contributed by atoms with Gasteiger partial charge in [-0.15, -0.1) is 0 Å². The minimum absolute atomic E-state index is 0.0283. The molecule has 4 heteroatoms. The lowest BCUT2D eigenvalue weighted by Crippen LogP contribution is -2.35. The van der Waals surface area contributed by atoms with Crippen molar-refractivity contribution in [3.05, 3.63) is 90.3 Å². The summed E-state index contributed by atoms with van der Waals surface area (Å²) in [6.45, 7) is 4.85. The van der Waals surface area contributed by atoms with Crippen LogP contribution in [0.1, 0.15) is 35.7 Å². The summed E-state index contributed by atoms with van der Waals surface area (Å²) in [6, 6.07) is 21.9. The summed E-state index contributed by atoms with van der Waals surface area (Å²) in [5.74, 6) is 0.640. The van der Waals surface area contributed by atoms with E-state index in [0.29, 0.717) is 18.0 Å². The van der Waals surface area contributed by atoms with Gasteiger partial charge in [-0.05, 0) is 42.5 Å². The molecule has 0 aliphatic carbocycles. The van der Waals surface area contributed by atoms with E-state index in [0.717, 1.165) is 30.0 Å². The first kappa shape index (κ1) is 19.2. The summed E-state index contributed by atoms with van der Waals surface area (Å²) in [5.41, 5.74) is 3.65. The van der Waals surface area contributed by atoms with Crippen LogP contribution >= 0.6 is 0 Å². The molecule has 1 aliphatic heterocycles. The van der Waals surface area contributed by atoms with E-state index in [2.05, 4.69) is 16.8 Å². The zero-order valence-corrected chi connectivity index (χ0v) is 16.9. The van der Waals surface area contributed by atoms with Crippen molar-refractivity contribution in [1.29, 1.82) is 0 Å². The summed E-state index contributed by atoms with van der Waals surface area (Å²) in [5, 5.41) is 0. The van der Waals surface area contributed by atoms with Crippen LogP contribution < -0.4 is 9.80 Å². The molecule has 0 N–H and O–H groups in total. The Labute approximate surface area is 172 Å². The predicted octanol–water partition coefficient (Wildman–Crippen LogP) is 5.16. The average Bonchev–Trinajstić information content (AvgIpc) is 2.78. The maximum absolute atomic E-state index is 13.5. The normalized spacial score (nSPS) is 16.4. The molecule has 4 nitrogen and oxygen atoms in total. The molecule has 148 valence electrons. The van der Waals surface area contributed by atoms with Crippen LogP contribution in [-0.4, -0.2) is 24.0 Å². The quantitative estimate of drug-likeness (QED) is 0.608. The number of hydrogen-bond donors (Lipinski definition) is 0. The summed E-state index contributed by atoms with van der Waals surface area (Å²) >= 11 is 0. The van der Waals surface area contributed by atoms with Gasteiger partial charge in [-0.3, -0.25) is 9.78 Å². The second-order valence-corrected chi connectivity index (χ2v) is 7.84. The number of pyridine rings is 1. The highest BCUT2D eigenvalue weighted by atomic mass is 16.2. The zero-order valence-electron chi connectivity index (χ0n) is 16.9. The van der Waals surface area contributed by atoms with Crippen molar-refractivity contribution in [3.63, 3.8) is 0 Å². The van der Waals surface area contributed by atoms with Gasteiger partial charge in [-0.2, -0.15) is 0 Å². The largest absolute Gasteiger partial charge is 0.370 e. The number of piperidine rings is 1. The maximum Gasteiger partial charge on any atom is 0.260 e. The minimum Gasteiger partial charge on any atom is -0.370 e. The van der Waals surface area contributed by atoms with Gasteiger partial charge in [0.2, 0.25) is 0 Å². The number of para-hydroxylation sites is 1. The molecule has 3 aromatic rings. The third-order valence-electron chi connectivity index (χ3n) is 5.49. The van der Waals surface area contributed by atoms with Gasteiger partial charge in [-0.25, -0.2) is 0 Å². The number of anilines is 2. The monoisotopic (exact) mass is 385 g/mol. The standard InChI is InChI=1S/C25H27N3O/c1-20-9-8-14-27(18-20)24-15-22(16-26-17-24)25(29)28(23-12-6-3-7-13-23)19-21-10-4-2-5-11-21/h2-7,10-13,15-17,20H,8-9,14,18-19H2,1H3. The zero-order chi connectivity index (χ0) is 20.1. The van der Waals surface area contributed by atoms with E-state index in [-0.39, 0.29) is 5.91 Å². The molecule has 1 saturated heterocycles. The van der Waals surface area contributed by atoms with Crippen molar-refractivity contribution >= 4 is 17.3 Å². The molecule has 2 aromatic carbocycles. The Hall–Kier alpha value is -3.14. The van der Waals surface area contributed by atoms with E-state index in [1.807, 2.05) is 77.8 Å². The molecule has 0 spiro atoms. The molecule has 0 radical (unpaired) electrons. The van der Waals surface area contributed by atoms with E-state index >= 15 is 0 Å². The number of rotatable bonds is 5. The molecule has 2 heterocycles. The molecule has 1 amide bonds. The van der Waals surface area contributed by atoms with Gasteiger partial charge in [0.15, 0.2) is 0 Å². The van der Waals surface area contributed by atoms with E-state index in [4.69, 9.17) is 0 Å². The number of hydrogen-bond acceptors (Lipinski definition) is 3. The number of carbonyl (C=O) groups is 1. The molecule has 1 aromatic heterocycles. The smallest absolute Gasteiger partial charge is 0.260 e. The van der Waals surface area contributed by atoms with Gasteiger partial charge in [0, 0.05) is 25.0 Å². The number of benzene rings is 2. The molecule has 1 aliphatic rings. The van der Waals surface area contributed by atoms with Gasteiger partial charge in [0.25, 0.3) is 5.91 Å². The SMILES string of the molecule is CC1CCCN(c2cncc(C(=O)N(Cc3ccccc3)c3ccccc3)c2)C1. The highest BCUT2D eigenvalue weighted by Crippen LogP contribution is 2.25. The lowest BCUT2D eigenvalue weighted by Gasteiger charge is -2.32. The first-order valence-electron chi connectivity index (χ1n) is 10.3. The van der Waals surface area contributed by atoms with Crippen LogP contribution in [0.3, 0.4) is 0 Å². The fraction of sp³-hybridized carbons (Fsp3) is 0.280. The Balaban J connectivity index is 1.63. The van der Waals surface area contributed by atoms with Gasteiger partial charge in [0.05, 0.1) is 24.0 Å². The Morgan fingerprint density at radius 1 is 1.07 bits per heavy atom. The third kappa shape index (κ3) is 4.65. The van der Waals surface area contributed by atoms with Crippen molar-refractivity contribution in [3.8, 4) is 0 Å². The second-order valence-electron chi connectivity index (χ2n) is 7.84. The molecular formula is C25H27N3O. The first-order chi connectivity index (χ1) is 14.2. The van der Waals surface area contributed by atoms with Crippen molar-refractivity contribution < 1.29 is 4.79 Å². The highest BCUT2D eigenvalue weighted by molar-refractivity contribution is 6.06. The Kier molecular flexibility index (Phi) is 5.89. The third-order valence-corrected chi connectivity index (χ3v) is 5.49. The van der Waals surface area contributed by atoms with Crippen LogP contribution in [0.5, 0.6) is 0 Å². The maximum atomic E-state index is 13.5. The van der Waals surface area contributed by atoms with Crippen LogP contribution in [0.15, 0.2) is 79.1 Å². The summed E-state index contributed by atoms with van der Waals surface area (Å²) in [4.78, 5) is 22.1. The lowest BCUT2D eigenvalue weighted by atomic mass is 10.00. The average molecular weight is 386 g/mol. The molecular weight excluding hydrogens is 358 g/mol. The number of amides is 1. The van der Waals surface area contributed by atoms with E-state index < -0.39 is 0 Å². The number of carbonyl (C=O) groups excluding carboxylic acids is 1. The van der Waals surface area contributed by atoms with E-state index in [1.165, 1.54) is 12.8 Å². The van der Waals surface area contributed by atoms with Crippen molar-refractivity contribution in [2.45, 2.75) is 26.3 Å². The van der Waals surface area contributed by atoms with Crippen molar-refractivity contribution in [2.75, 3.05) is 22.9 Å². The van der Waals surface area contributed by atoms with E-state index in [1.54, 1.807) is 6.20 Å². The molecule has 0 saturated carbocycles. The van der Waals surface area contributed by atoms with Gasteiger partial charge in [0.1, 0.15) is 0 Å². The number of aromatic nitrogens is 1. The lowest BCUT2D eigenvalue weighted by molar-refractivity contribution is 0.0985. The fourth-order valence-electron chi connectivity index (χ4n) is 3.95. The Morgan fingerprint density at radius 3 is 2.52 bits per heavy atom. The van der Waals surface area contributed by atoms with Crippen molar-refractivity contribution in [2.24, 2.45) is 5.92 Å². The Morgan fingerprint density at radius 2 is 1.79 bits per heavy atom.